The Morgan fingerprint density at radius 2 is 2.05 bits per heavy atom. The first-order valence-electron chi connectivity index (χ1n) is 6.94. The Kier molecular flexibility index (Phi) is 4.05. The number of rotatable bonds is 3. The van der Waals surface area contributed by atoms with Crippen LogP contribution < -0.4 is 0 Å². The summed E-state index contributed by atoms with van der Waals surface area (Å²) in [5, 5.41) is 7.65. The Morgan fingerprint density at radius 1 is 1.30 bits per heavy atom. The predicted molar refractivity (Wildman–Crippen MR) is 83.0 cm³/mol. The number of halogens is 1. The molecule has 106 valence electrons. The van der Waals surface area contributed by atoms with E-state index in [-0.39, 0.29) is 6.04 Å². The Balaban J connectivity index is 1.78. The molecule has 1 aromatic rings. The highest BCUT2D eigenvalue weighted by Crippen LogP contribution is 2.37. The molecule has 3 nitrogen and oxygen atoms in total. The lowest BCUT2D eigenvalue weighted by molar-refractivity contribution is 0.258. The number of nitrogens with zero attached hydrogens (tertiary/aromatic N) is 3. The van der Waals surface area contributed by atoms with E-state index in [0.29, 0.717) is 23.4 Å². The SMILES string of the molecule is C=N/C(=N\N1CC(F)CC1c1ccccc1)SC1CC1. The lowest BCUT2D eigenvalue weighted by Crippen LogP contribution is -2.19. The molecule has 2 atom stereocenters. The van der Waals surface area contributed by atoms with Gasteiger partial charge in [0.2, 0.25) is 5.17 Å². The molecule has 3 rings (SSSR count). The fraction of sp³-hybridized carbons (Fsp3) is 0.467. The van der Waals surface area contributed by atoms with Crippen LogP contribution in [0.1, 0.15) is 30.9 Å². The number of thioether (sulfide) groups is 1. The smallest absolute Gasteiger partial charge is 0.206 e. The average Bonchev–Trinajstić information content (AvgIpc) is 3.21. The molecule has 0 aromatic heterocycles. The number of hydrogen-bond donors (Lipinski definition) is 0. The highest BCUT2D eigenvalue weighted by molar-refractivity contribution is 8.14. The molecular weight excluding hydrogens is 273 g/mol. The number of amidine groups is 1. The van der Waals surface area contributed by atoms with Crippen LogP contribution in [0.4, 0.5) is 4.39 Å². The Hall–Kier alpha value is -1.36. The number of alkyl halides is 1. The quantitative estimate of drug-likeness (QED) is 0.628. The van der Waals surface area contributed by atoms with Gasteiger partial charge < -0.3 is 0 Å². The van der Waals surface area contributed by atoms with Crippen LogP contribution in [0.5, 0.6) is 0 Å². The molecule has 0 bridgehead atoms. The first-order chi connectivity index (χ1) is 9.76. The van der Waals surface area contributed by atoms with Gasteiger partial charge >= 0.3 is 0 Å². The highest BCUT2D eigenvalue weighted by atomic mass is 32.2. The van der Waals surface area contributed by atoms with Gasteiger partial charge in [0.05, 0.1) is 12.6 Å². The summed E-state index contributed by atoms with van der Waals surface area (Å²) in [5.41, 5.74) is 1.11. The summed E-state index contributed by atoms with van der Waals surface area (Å²) in [4.78, 5) is 3.98. The average molecular weight is 291 g/mol. The molecule has 1 aliphatic heterocycles. The first-order valence-corrected chi connectivity index (χ1v) is 7.82. The van der Waals surface area contributed by atoms with E-state index in [2.05, 4.69) is 16.8 Å². The summed E-state index contributed by atoms with van der Waals surface area (Å²) in [5.74, 6) is 0. The van der Waals surface area contributed by atoms with E-state index >= 15 is 0 Å². The van der Waals surface area contributed by atoms with Crippen molar-refractivity contribution in [3.63, 3.8) is 0 Å². The lowest BCUT2D eigenvalue weighted by Gasteiger charge is -2.21. The lowest BCUT2D eigenvalue weighted by atomic mass is 10.1. The van der Waals surface area contributed by atoms with Crippen LogP contribution in [0.2, 0.25) is 0 Å². The summed E-state index contributed by atoms with van der Waals surface area (Å²) in [6.45, 7) is 3.92. The van der Waals surface area contributed by atoms with Crippen molar-refractivity contribution in [1.29, 1.82) is 0 Å². The summed E-state index contributed by atoms with van der Waals surface area (Å²) >= 11 is 1.65. The van der Waals surface area contributed by atoms with Crippen LogP contribution in [-0.4, -0.2) is 34.9 Å². The standard InChI is InChI=1S/C15H18FN3S/c1-17-15(20-13-7-8-13)18-19-10-12(16)9-14(19)11-5-3-2-4-6-11/h2-6,12-14H,1,7-10H2/b18-15+. The molecule has 1 aliphatic carbocycles. The number of aliphatic imine (C=N–C) groups is 1. The van der Waals surface area contributed by atoms with Gasteiger partial charge in [0, 0.05) is 11.7 Å². The zero-order chi connectivity index (χ0) is 13.9. The van der Waals surface area contributed by atoms with Crippen molar-refractivity contribution >= 4 is 23.6 Å². The van der Waals surface area contributed by atoms with Gasteiger partial charge in [-0.2, -0.15) is 0 Å². The predicted octanol–water partition coefficient (Wildman–Crippen LogP) is 3.64. The van der Waals surface area contributed by atoms with Crippen molar-refractivity contribution in [3.8, 4) is 0 Å². The number of benzene rings is 1. The van der Waals surface area contributed by atoms with E-state index in [4.69, 9.17) is 0 Å². The fourth-order valence-corrected chi connectivity index (χ4v) is 3.30. The van der Waals surface area contributed by atoms with Crippen LogP contribution in [0.3, 0.4) is 0 Å². The second-order valence-electron chi connectivity index (χ2n) is 5.24. The van der Waals surface area contributed by atoms with E-state index in [0.717, 1.165) is 5.56 Å². The molecule has 2 aliphatic rings. The van der Waals surface area contributed by atoms with Gasteiger partial charge in [-0.05, 0) is 25.1 Å². The normalized spacial score (nSPS) is 26.9. The maximum Gasteiger partial charge on any atom is 0.206 e. The monoisotopic (exact) mass is 291 g/mol. The van der Waals surface area contributed by atoms with E-state index in [1.807, 2.05) is 35.3 Å². The van der Waals surface area contributed by atoms with Crippen molar-refractivity contribution < 1.29 is 4.39 Å². The molecule has 2 unspecified atom stereocenters. The molecule has 1 heterocycles. The molecule has 0 amide bonds. The van der Waals surface area contributed by atoms with Crippen LogP contribution in [0.25, 0.3) is 0 Å². The third-order valence-corrected chi connectivity index (χ3v) is 4.78. The minimum atomic E-state index is -0.832. The molecule has 20 heavy (non-hydrogen) atoms. The number of hydrogen-bond acceptors (Lipinski definition) is 3. The molecule has 2 fully saturated rings. The zero-order valence-electron chi connectivity index (χ0n) is 11.3. The summed E-state index contributed by atoms with van der Waals surface area (Å²) < 4.78 is 13.8. The third-order valence-electron chi connectivity index (χ3n) is 3.55. The van der Waals surface area contributed by atoms with Crippen molar-refractivity contribution in [1.82, 2.24) is 5.01 Å². The molecule has 1 saturated carbocycles. The van der Waals surface area contributed by atoms with Gasteiger partial charge in [0.25, 0.3) is 0 Å². The minimum absolute atomic E-state index is 0.00255. The Bertz CT molecular complexity index is 501. The van der Waals surface area contributed by atoms with Crippen LogP contribution in [0.15, 0.2) is 40.4 Å². The topological polar surface area (TPSA) is 28.0 Å². The summed E-state index contributed by atoms with van der Waals surface area (Å²) in [7, 11) is 0. The second-order valence-corrected chi connectivity index (χ2v) is 6.51. The summed E-state index contributed by atoms with van der Waals surface area (Å²) in [6, 6.07) is 9.99. The van der Waals surface area contributed by atoms with Crippen LogP contribution in [-0.2, 0) is 0 Å². The molecule has 0 N–H and O–H groups in total. The van der Waals surface area contributed by atoms with Crippen LogP contribution >= 0.6 is 11.8 Å². The Morgan fingerprint density at radius 3 is 2.70 bits per heavy atom. The van der Waals surface area contributed by atoms with Gasteiger partial charge in [-0.15, -0.1) is 5.10 Å². The van der Waals surface area contributed by atoms with Crippen molar-refractivity contribution in [3.05, 3.63) is 35.9 Å². The van der Waals surface area contributed by atoms with Gasteiger partial charge in [0.15, 0.2) is 0 Å². The van der Waals surface area contributed by atoms with Crippen molar-refractivity contribution in [2.45, 2.75) is 36.7 Å². The molecular formula is C15H18FN3S. The third kappa shape index (κ3) is 3.20. The first kappa shape index (κ1) is 13.6. The molecule has 1 saturated heterocycles. The van der Waals surface area contributed by atoms with Gasteiger partial charge in [-0.1, -0.05) is 42.1 Å². The van der Waals surface area contributed by atoms with E-state index in [1.54, 1.807) is 11.8 Å². The minimum Gasteiger partial charge on any atom is -0.284 e. The fourth-order valence-electron chi connectivity index (χ4n) is 2.40. The van der Waals surface area contributed by atoms with Gasteiger partial charge in [0.1, 0.15) is 6.17 Å². The maximum atomic E-state index is 13.8. The van der Waals surface area contributed by atoms with Crippen molar-refractivity contribution in [2.24, 2.45) is 10.1 Å². The van der Waals surface area contributed by atoms with E-state index < -0.39 is 6.17 Å². The van der Waals surface area contributed by atoms with E-state index in [9.17, 15) is 4.39 Å². The highest BCUT2D eigenvalue weighted by Gasteiger charge is 2.33. The largest absolute Gasteiger partial charge is 0.284 e. The Labute approximate surface area is 123 Å². The molecule has 5 heteroatoms. The number of hydrazone groups is 1. The van der Waals surface area contributed by atoms with Crippen LogP contribution in [0, 0.1) is 0 Å². The summed E-state index contributed by atoms with van der Waals surface area (Å²) in [6.07, 6.45) is 2.09. The molecule has 0 spiro atoms. The zero-order valence-corrected chi connectivity index (χ0v) is 12.1. The molecule has 0 radical (unpaired) electrons. The van der Waals surface area contributed by atoms with Gasteiger partial charge in [-0.25, -0.2) is 9.38 Å². The second kappa shape index (κ2) is 5.95. The van der Waals surface area contributed by atoms with Crippen molar-refractivity contribution in [2.75, 3.05) is 6.54 Å². The van der Waals surface area contributed by atoms with Gasteiger partial charge in [-0.3, -0.25) is 5.01 Å². The van der Waals surface area contributed by atoms with E-state index in [1.165, 1.54) is 12.8 Å². The maximum absolute atomic E-state index is 13.8. The molecule has 1 aromatic carbocycles.